The van der Waals surface area contributed by atoms with Gasteiger partial charge in [0.05, 0.1) is 4.90 Å². The van der Waals surface area contributed by atoms with Gasteiger partial charge in [-0.1, -0.05) is 33.6 Å². The second kappa shape index (κ2) is 4.66. The molecule has 0 saturated heterocycles. The van der Waals surface area contributed by atoms with E-state index in [4.69, 9.17) is 0 Å². The van der Waals surface area contributed by atoms with Crippen molar-refractivity contribution in [1.82, 2.24) is 3.97 Å². The molecule has 0 N–H and O–H groups in total. The lowest BCUT2D eigenvalue weighted by molar-refractivity contribution is 0.587. The Labute approximate surface area is 109 Å². The Balaban J connectivity index is 2.46. The van der Waals surface area contributed by atoms with E-state index in [1.807, 2.05) is 6.92 Å². The first-order chi connectivity index (χ1) is 8.04. The average Bonchev–Trinajstić information content (AvgIpc) is 2.78. The van der Waals surface area contributed by atoms with Crippen LogP contribution in [0.25, 0.3) is 0 Å². The van der Waals surface area contributed by atoms with Gasteiger partial charge in [0.1, 0.15) is 0 Å². The molecule has 2 aromatic rings. The van der Waals surface area contributed by atoms with Crippen LogP contribution in [-0.2, 0) is 15.4 Å². The molecule has 0 spiro atoms. The predicted molar refractivity (Wildman–Crippen MR) is 70.8 cm³/mol. The van der Waals surface area contributed by atoms with E-state index in [-0.39, 0.29) is 0 Å². The van der Waals surface area contributed by atoms with E-state index in [1.165, 1.54) is 3.97 Å². The summed E-state index contributed by atoms with van der Waals surface area (Å²) in [7, 11) is -3.45. The highest BCUT2D eigenvalue weighted by molar-refractivity contribution is 9.08. The van der Waals surface area contributed by atoms with E-state index in [0.717, 1.165) is 11.1 Å². The molecule has 0 amide bonds. The van der Waals surface area contributed by atoms with Crippen LogP contribution in [0.3, 0.4) is 0 Å². The van der Waals surface area contributed by atoms with Gasteiger partial charge in [0.15, 0.2) is 0 Å². The largest absolute Gasteiger partial charge is 0.267 e. The molecule has 0 fully saturated rings. The normalized spacial score (nSPS) is 11.6. The maximum Gasteiger partial charge on any atom is 0.267 e. The summed E-state index contributed by atoms with van der Waals surface area (Å²) < 4.78 is 25.7. The quantitative estimate of drug-likeness (QED) is 0.817. The van der Waals surface area contributed by atoms with Crippen LogP contribution in [0.15, 0.2) is 47.6 Å². The third-order valence-electron chi connectivity index (χ3n) is 2.48. The van der Waals surface area contributed by atoms with Gasteiger partial charge in [-0.3, -0.25) is 0 Å². The first-order valence-electron chi connectivity index (χ1n) is 5.09. The van der Waals surface area contributed by atoms with Crippen molar-refractivity contribution in [3.8, 4) is 0 Å². The second-order valence-electron chi connectivity index (χ2n) is 3.80. The summed E-state index contributed by atoms with van der Waals surface area (Å²) in [5, 5.41) is 0.642. The zero-order chi connectivity index (χ0) is 12.5. The lowest BCUT2D eigenvalue weighted by atomic mass is 10.2. The number of nitrogens with zero attached hydrogens (tertiary/aromatic N) is 1. The number of alkyl halides is 1. The molecule has 90 valence electrons. The van der Waals surface area contributed by atoms with Crippen LogP contribution >= 0.6 is 15.9 Å². The molecule has 2 rings (SSSR count). The molecular formula is C12H12BrNO2S. The minimum absolute atomic E-state index is 0.305. The number of benzene rings is 1. The highest BCUT2D eigenvalue weighted by Crippen LogP contribution is 2.16. The van der Waals surface area contributed by atoms with Crippen LogP contribution < -0.4 is 0 Å². The molecule has 0 aliphatic rings. The number of aromatic nitrogens is 1. The number of halogens is 1. The third kappa shape index (κ3) is 2.45. The highest BCUT2D eigenvalue weighted by atomic mass is 79.9. The van der Waals surface area contributed by atoms with Gasteiger partial charge in [-0.05, 0) is 30.7 Å². The van der Waals surface area contributed by atoms with Crippen molar-refractivity contribution in [2.45, 2.75) is 17.1 Å². The summed E-state index contributed by atoms with van der Waals surface area (Å²) in [5.41, 5.74) is 1.97. The van der Waals surface area contributed by atoms with Gasteiger partial charge in [-0.2, -0.15) is 0 Å². The topological polar surface area (TPSA) is 39.1 Å². The van der Waals surface area contributed by atoms with Crippen molar-refractivity contribution in [1.29, 1.82) is 0 Å². The molecule has 0 aliphatic carbocycles. The van der Waals surface area contributed by atoms with E-state index in [1.54, 1.807) is 42.7 Å². The van der Waals surface area contributed by atoms with Crippen molar-refractivity contribution >= 4 is 26.0 Å². The summed E-state index contributed by atoms with van der Waals surface area (Å²) in [6.07, 6.45) is 3.18. The predicted octanol–water partition coefficient (Wildman–Crippen LogP) is 2.93. The van der Waals surface area contributed by atoms with Gasteiger partial charge in [0, 0.05) is 17.7 Å². The van der Waals surface area contributed by atoms with Gasteiger partial charge in [-0.15, -0.1) is 0 Å². The molecule has 3 nitrogen and oxygen atoms in total. The van der Waals surface area contributed by atoms with E-state index in [0.29, 0.717) is 10.2 Å². The minimum Gasteiger partial charge on any atom is -0.249 e. The molecule has 0 bridgehead atoms. The molecule has 0 atom stereocenters. The third-order valence-corrected chi connectivity index (χ3v) is 4.78. The van der Waals surface area contributed by atoms with Gasteiger partial charge in [0.25, 0.3) is 10.0 Å². The zero-order valence-corrected chi connectivity index (χ0v) is 11.7. The Hall–Kier alpha value is -1.07. The van der Waals surface area contributed by atoms with Crippen molar-refractivity contribution in [2.75, 3.05) is 0 Å². The summed E-state index contributed by atoms with van der Waals surface area (Å²) in [6, 6.07) is 8.61. The SMILES string of the molecule is Cc1ccc(S(=O)(=O)n2ccc(CBr)c2)cc1. The van der Waals surface area contributed by atoms with Crippen molar-refractivity contribution in [2.24, 2.45) is 0 Å². The molecule has 0 saturated carbocycles. The molecule has 0 radical (unpaired) electrons. The van der Waals surface area contributed by atoms with E-state index in [9.17, 15) is 8.42 Å². The van der Waals surface area contributed by atoms with E-state index in [2.05, 4.69) is 15.9 Å². The van der Waals surface area contributed by atoms with E-state index >= 15 is 0 Å². The van der Waals surface area contributed by atoms with Crippen LogP contribution in [0.2, 0.25) is 0 Å². The van der Waals surface area contributed by atoms with Gasteiger partial charge in [-0.25, -0.2) is 12.4 Å². The maximum atomic E-state index is 12.2. The Morgan fingerprint density at radius 3 is 2.35 bits per heavy atom. The lowest BCUT2D eigenvalue weighted by Crippen LogP contribution is -2.10. The van der Waals surface area contributed by atoms with Crippen LogP contribution in [-0.4, -0.2) is 12.4 Å². The van der Waals surface area contributed by atoms with Crippen LogP contribution in [0.1, 0.15) is 11.1 Å². The average molecular weight is 314 g/mol. The molecule has 17 heavy (non-hydrogen) atoms. The Morgan fingerprint density at radius 2 is 1.82 bits per heavy atom. The summed E-state index contributed by atoms with van der Waals surface area (Å²) in [5.74, 6) is 0. The molecule has 1 aromatic heterocycles. The molecule has 1 aromatic carbocycles. The summed E-state index contributed by atoms with van der Waals surface area (Å²) in [6.45, 7) is 1.93. The number of hydrogen-bond acceptors (Lipinski definition) is 2. The smallest absolute Gasteiger partial charge is 0.249 e. The van der Waals surface area contributed by atoms with Gasteiger partial charge in [0.2, 0.25) is 0 Å². The van der Waals surface area contributed by atoms with Gasteiger partial charge < -0.3 is 0 Å². The zero-order valence-electron chi connectivity index (χ0n) is 9.30. The Bertz CT molecular complexity index is 614. The van der Waals surface area contributed by atoms with Crippen LogP contribution in [0.5, 0.6) is 0 Å². The monoisotopic (exact) mass is 313 g/mol. The molecular weight excluding hydrogens is 302 g/mol. The van der Waals surface area contributed by atoms with Crippen molar-refractivity contribution in [3.63, 3.8) is 0 Å². The number of aryl methyl sites for hydroxylation is 1. The van der Waals surface area contributed by atoms with E-state index < -0.39 is 10.0 Å². The second-order valence-corrected chi connectivity index (χ2v) is 6.21. The van der Waals surface area contributed by atoms with Crippen molar-refractivity contribution in [3.05, 3.63) is 53.9 Å². The van der Waals surface area contributed by atoms with Crippen LogP contribution in [0.4, 0.5) is 0 Å². The fourth-order valence-corrected chi connectivity index (χ4v) is 3.03. The Kier molecular flexibility index (Phi) is 3.40. The maximum absolute atomic E-state index is 12.2. The summed E-state index contributed by atoms with van der Waals surface area (Å²) >= 11 is 3.30. The molecule has 1 heterocycles. The minimum atomic E-state index is -3.45. The van der Waals surface area contributed by atoms with Crippen LogP contribution in [0, 0.1) is 6.92 Å². The Morgan fingerprint density at radius 1 is 1.18 bits per heavy atom. The van der Waals surface area contributed by atoms with Gasteiger partial charge >= 0.3 is 0 Å². The number of hydrogen-bond donors (Lipinski definition) is 0. The first-order valence-corrected chi connectivity index (χ1v) is 7.65. The molecule has 0 unspecified atom stereocenters. The molecule has 5 heteroatoms. The standard InChI is InChI=1S/C12H12BrNO2S/c1-10-2-4-12(5-3-10)17(15,16)14-7-6-11(8-13)9-14/h2-7,9H,8H2,1H3. The molecule has 0 aliphatic heterocycles. The first kappa shape index (κ1) is 12.4. The highest BCUT2D eigenvalue weighted by Gasteiger charge is 2.15. The van der Waals surface area contributed by atoms with Crippen molar-refractivity contribution < 1.29 is 8.42 Å². The summed E-state index contributed by atoms with van der Waals surface area (Å²) in [4.78, 5) is 0.305. The number of rotatable bonds is 3. The lowest BCUT2D eigenvalue weighted by Gasteiger charge is -2.05. The fourth-order valence-electron chi connectivity index (χ4n) is 1.48. The fraction of sp³-hybridized carbons (Fsp3) is 0.167.